The average molecular weight is 417 g/mol. The summed E-state index contributed by atoms with van der Waals surface area (Å²) in [5.74, 6) is -0.792. The third-order valence-electron chi connectivity index (χ3n) is 3.88. The van der Waals surface area contributed by atoms with Crippen LogP contribution in [0.1, 0.15) is 51.9 Å². The maximum atomic E-state index is 12.7. The van der Waals surface area contributed by atoms with Crippen molar-refractivity contribution in [2.24, 2.45) is 0 Å². The highest BCUT2D eigenvalue weighted by Gasteiger charge is 2.20. The molecule has 0 aliphatic heterocycles. The summed E-state index contributed by atoms with van der Waals surface area (Å²) in [5.41, 5.74) is 7.20. The fraction of sp³-hybridized carbons (Fsp3) is 0.222. The number of carbonyl (C=O) groups is 2. The highest BCUT2D eigenvalue weighted by molar-refractivity contribution is 9.10. The first-order valence-electron chi connectivity index (χ1n) is 8.00. The van der Waals surface area contributed by atoms with Gasteiger partial charge in [0.1, 0.15) is 0 Å². The molecule has 0 spiro atoms. The van der Waals surface area contributed by atoms with E-state index in [1.807, 2.05) is 13.8 Å². The summed E-state index contributed by atoms with van der Waals surface area (Å²) in [7, 11) is 0. The molecule has 0 aliphatic rings. The van der Waals surface area contributed by atoms with Crippen LogP contribution in [0.15, 0.2) is 39.3 Å². The van der Waals surface area contributed by atoms with Crippen molar-refractivity contribution in [2.75, 3.05) is 0 Å². The Morgan fingerprint density at radius 2 is 1.77 bits per heavy atom. The van der Waals surface area contributed by atoms with E-state index in [0.29, 0.717) is 38.1 Å². The number of rotatable bonds is 3. The molecule has 0 saturated heterocycles. The first-order valence-corrected chi connectivity index (χ1v) is 8.80. The zero-order valence-electron chi connectivity index (χ0n) is 14.5. The highest BCUT2D eigenvalue weighted by atomic mass is 79.9. The molecule has 2 aromatic heterocycles. The first-order chi connectivity index (χ1) is 12.4. The van der Waals surface area contributed by atoms with Gasteiger partial charge in [-0.1, -0.05) is 31.1 Å². The molecule has 7 nitrogen and oxygen atoms in total. The second-order valence-corrected chi connectivity index (χ2v) is 6.94. The number of benzene rings is 1. The maximum absolute atomic E-state index is 12.7. The van der Waals surface area contributed by atoms with Gasteiger partial charge in [0.05, 0.1) is 22.2 Å². The molecule has 0 bridgehead atoms. The molecule has 8 heteroatoms. The van der Waals surface area contributed by atoms with Crippen molar-refractivity contribution in [1.29, 1.82) is 0 Å². The van der Waals surface area contributed by atoms with Crippen molar-refractivity contribution in [3.8, 4) is 0 Å². The Morgan fingerprint density at radius 3 is 2.42 bits per heavy atom. The lowest BCUT2D eigenvalue weighted by atomic mass is 10.0. The molecule has 0 fully saturated rings. The number of hydrogen-bond acceptors (Lipinski definition) is 5. The van der Waals surface area contributed by atoms with Crippen LogP contribution in [-0.2, 0) is 0 Å². The van der Waals surface area contributed by atoms with Crippen LogP contribution in [0.25, 0.3) is 11.1 Å². The summed E-state index contributed by atoms with van der Waals surface area (Å²) in [5, 5.41) is 4.41. The number of amides is 2. The predicted octanol–water partition coefficient (Wildman–Crippen LogP) is 3.49. The molecule has 26 heavy (non-hydrogen) atoms. The SMILES string of the molecule is Cc1noc2nc(C(C)C)cc(C(=O)NNC(=O)c3ccccc3Br)c12. The molecule has 3 aromatic rings. The molecular formula is C18H17BrN4O3. The van der Waals surface area contributed by atoms with Crippen LogP contribution in [0.5, 0.6) is 0 Å². The second-order valence-electron chi connectivity index (χ2n) is 6.09. The summed E-state index contributed by atoms with van der Waals surface area (Å²) in [4.78, 5) is 29.3. The number of carbonyl (C=O) groups excluding carboxylic acids is 2. The van der Waals surface area contributed by atoms with Crippen LogP contribution < -0.4 is 10.9 Å². The average Bonchev–Trinajstić information content (AvgIpc) is 3.00. The van der Waals surface area contributed by atoms with Gasteiger partial charge in [-0.2, -0.15) is 0 Å². The Kier molecular flexibility index (Phi) is 5.03. The number of aryl methyl sites for hydroxylation is 1. The van der Waals surface area contributed by atoms with Gasteiger partial charge in [-0.15, -0.1) is 0 Å². The van der Waals surface area contributed by atoms with E-state index < -0.39 is 11.8 Å². The predicted molar refractivity (Wildman–Crippen MR) is 99.7 cm³/mol. The van der Waals surface area contributed by atoms with Crippen LogP contribution in [0.4, 0.5) is 0 Å². The molecule has 0 aliphatic carbocycles. The van der Waals surface area contributed by atoms with E-state index in [2.05, 4.69) is 36.9 Å². The normalized spacial score (nSPS) is 11.0. The van der Waals surface area contributed by atoms with Crippen molar-refractivity contribution in [3.05, 3.63) is 57.3 Å². The lowest BCUT2D eigenvalue weighted by molar-refractivity contribution is 0.0847. The smallest absolute Gasteiger partial charge is 0.270 e. The zero-order chi connectivity index (χ0) is 18.8. The molecule has 2 amide bonds. The van der Waals surface area contributed by atoms with E-state index in [4.69, 9.17) is 4.52 Å². The number of nitrogens with zero attached hydrogens (tertiary/aromatic N) is 2. The minimum atomic E-state index is -0.467. The number of hydrazine groups is 1. The maximum Gasteiger partial charge on any atom is 0.270 e. The summed E-state index contributed by atoms with van der Waals surface area (Å²) >= 11 is 3.31. The third kappa shape index (κ3) is 3.45. The number of aromatic nitrogens is 2. The summed E-state index contributed by atoms with van der Waals surface area (Å²) in [6.07, 6.45) is 0. The van der Waals surface area contributed by atoms with Gasteiger partial charge in [-0.05, 0) is 47.0 Å². The van der Waals surface area contributed by atoms with Crippen LogP contribution >= 0.6 is 15.9 Å². The Morgan fingerprint density at radius 1 is 1.12 bits per heavy atom. The van der Waals surface area contributed by atoms with Crippen LogP contribution in [0, 0.1) is 6.92 Å². The van der Waals surface area contributed by atoms with Crippen molar-refractivity contribution in [1.82, 2.24) is 21.0 Å². The number of pyridine rings is 1. The number of hydrogen-bond donors (Lipinski definition) is 2. The molecule has 3 rings (SSSR count). The van der Waals surface area contributed by atoms with E-state index in [-0.39, 0.29) is 5.92 Å². The van der Waals surface area contributed by atoms with Crippen molar-refractivity contribution >= 4 is 38.8 Å². The van der Waals surface area contributed by atoms with Crippen molar-refractivity contribution < 1.29 is 14.1 Å². The van der Waals surface area contributed by atoms with Gasteiger partial charge in [0.15, 0.2) is 0 Å². The number of halogens is 1. The lowest BCUT2D eigenvalue weighted by Crippen LogP contribution is -2.41. The molecule has 2 N–H and O–H groups in total. The Balaban J connectivity index is 1.87. The summed E-state index contributed by atoms with van der Waals surface area (Å²) in [6, 6.07) is 8.63. The monoisotopic (exact) mass is 416 g/mol. The molecular weight excluding hydrogens is 400 g/mol. The van der Waals surface area contributed by atoms with Gasteiger partial charge in [0.2, 0.25) is 0 Å². The number of fused-ring (bicyclic) bond motifs is 1. The largest absolute Gasteiger partial charge is 0.336 e. The van der Waals surface area contributed by atoms with Crippen molar-refractivity contribution in [3.63, 3.8) is 0 Å². The van der Waals surface area contributed by atoms with Crippen LogP contribution in [0.3, 0.4) is 0 Å². The van der Waals surface area contributed by atoms with E-state index in [9.17, 15) is 9.59 Å². The van der Waals surface area contributed by atoms with E-state index >= 15 is 0 Å². The van der Waals surface area contributed by atoms with E-state index in [1.165, 1.54) is 0 Å². The van der Waals surface area contributed by atoms with Crippen LogP contribution in [0.2, 0.25) is 0 Å². The van der Waals surface area contributed by atoms with E-state index in [1.54, 1.807) is 37.3 Å². The molecule has 134 valence electrons. The number of nitrogens with one attached hydrogen (secondary N) is 2. The molecule has 0 atom stereocenters. The summed E-state index contributed by atoms with van der Waals surface area (Å²) in [6.45, 7) is 5.67. The van der Waals surface area contributed by atoms with E-state index in [0.717, 1.165) is 0 Å². The molecule has 0 unspecified atom stereocenters. The molecule has 2 heterocycles. The fourth-order valence-electron chi connectivity index (χ4n) is 2.48. The van der Waals surface area contributed by atoms with Crippen LogP contribution in [-0.4, -0.2) is 22.0 Å². The molecule has 0 radical (unpaired) electrons. The molecule has 0 saturated carbocycles. The molecule has 1 aromatic carbocycles. The Labute approximate surface area is 158 Å². The summed E-state index contributed by atoms with van der Waals surface area (Å²) < 4.78 is 5.84. The highest BCUT2D eigenvalue weighted by Crippen LogP contribution is 2.25. The quantitative estimate of drug-likeness (QED) is 0.636. The Bertz CT molecular complexity index is 997. The third-order valence-corrected chi connectivity index (χ3v) is 4.57. The van der Waals surface area contributed by atoms with Gasteiger partial charge in [0, 0.05) is 10.2 Å². The topological polar surface area (TPSA) is 97.1 Å². The lowest BCUT2D eigenvalue weighted by Gasteiger charge is -2.11. The van der Waals surface area contributed by atoms with Gasteiger partial charge in [-0.25, -0.2) is 4.98 Å². The second kappa shape index (κ2) is 7.25. The minimum Gasteiger partial charge on any atom is -0.336 e. The minimum absolute atomic E-state index is 0.103. The fourth-order valence-corrected chi connectivity index (χ4v) is 2.95. The first kappa shape index (κ1) is 18.1. The standard InChI is InChI=1S/C18H17BrN4O3/c1-9(2)14-8-12(15-10(3)23-26-18(15)20-14)17(25)22-21-16(24)11-6-4-5-7-13(11)19/h4-9H,1-3H3,(H,21,24)(H,22,25). The van der Waals surface area contributed by atoms with Gasteiger partial charge >= 0.3 is 0 Å². The Hall–Kier alpha value is -2.74. The van der Waals surface area contributed by atoms with Gasteiger partial charge in [0.25, 0.3) is 17.5 Å². The van der Waals surface area contributed by atoms with Crippen molar-refractivity contribution in [2.45, 2.75) is 26.7 Å². The van der Waals surface area contributed by atoms with Gasteiger partial charge < -0.3 is 4.52 Å². The van der Waals surface area contributed by atoms with Gasteiger partial charge in [-0.3, -0.25) is 20.4 Å². The zero-order valence-corrected chi connectivity index (χ0v) is 16.0.